The van der Waals surface area contributed by atoms with Crippen molar-refractivity contribution in [1.29, 1.82) is 0 Å². The number of fused-ring (bicyclic) bond motifs is 1. The molecule has 2 heterocycles. The van der Waals surface area contributed by atoms with Crippen LogP contribution < -0.4 is 0 Å². The molecule has 0 aliphatic rings. The van der Waals surface area contributed by atoms with Crippen LogP contribution in [0, 0.1) is 6.92 Å². The average molecular weight is 237 g/mol. The molecule has 0 saturated heterocycles. The second-order valence-electron chi connectivity index (χ2n) is 4.08. The van der Waals surface area contributed by atoms with Crippen LogP contribution in [-0.4, -0.2) is 20.9 Å². The summed E-state index contributed by atoms with van der Waals surface area (Å²) >= 11 is 0. The molecule has 4 heteroatoms. The van der Waals surface area contributed by atoms with Crippen LogP contribution in [0.25, 0.3) is 16.9 Å². The van der Waals surface area contributed by atoms with Gasteiger partial charge in [-0.05, 0) is 13.0 Å². The van der Waals surface area contributed by atoms with Crippen LogP contribution in [0.2, 0.25) is 0 Å². The lowest BCUT2D eigenvalue weighted by Crippen LogP contribution is -1.91. The fourth-order valence-corrected chi connectivity index (χ4v) is 1.95. The summed E-state index contributed by atoms with van der Waals surface area (Å²) in [6.07, 6.45) is 2.63. The van der Waals surface area contributed by atoms with Gasteiger partial charge in [-0.2, -0.15) is 5.10 Å². The standard InChI is InChI=1S/C14H11N3O/c1-10-7-8-17-14(15-10)12(9-18)13(16-17)11-5-3-2-4-6-11/h2-9H,1H3. The summed E-state index contributed by atoms with van der Waals surface area (Å²) in [6, 6.07) is 11.5. The first kappa shape index (κ1) is 10.7. The highest BCUT2D eigenvalue weighted by molar-refractivity contribution is 5.93. The SMILES string of the molecule is Cc1ccn2nc(-c3ccccc3)c(C=O)c2n1. The third-order valence-electron chi connectivity index (χ3n) is 2.83. The molecule has 0 aliphatic heterocycles. The fraction of sp³-hybridized carbons (Fsp3) is 0.0714. The average Bonchev–Trinajstić information content (AvgIpc) is 2.77. The van der Waals surface area contributed by atoms with E-state index < -0.39 is 0 Å². The topological polar surface area (TPSA) is 47.3 Å². The molecule has 0 fully saturated rings. The van der Waals surface area contributed by atoms with Crippen LogP contribution in [0.4, 0.5) is 0 Å². The zero-order valence-corrected chi connectivity index (χ0v) is 9.87. The second-order valence-corrected chi connectivity index (χ2v) is 4.08. The van der Waals surface area contributed by atoms with E-state index in [0.29, 0.717) is 16.9 Å². The van der Waals surface area contributed by atoms with Gasteiger partial charge in [0, 0.05) is 17.5 Å². The Morgan fingerprint density at radius 1 is 1.17 bits per heavy atom. The first-order chi connectivity index (χ1) is 8.79. The van der Waals surface area contributed by atoms with Gasteiger partial charge in [-0.1, -0.05) is 30.3 Å². The highest BCUT2D eigenvalue weighted by atomic mass is 16.1. The summed E-state index contributed by atoms with van der Waals surface area (Å²) in [6.45, 7) is 1.89. The molecule has 0 bridgehead atoms. The maximum absolute atomic E-state index is 11.3. The Kier molecular flexibility index (Phi) is 2.41. The van der Waals surface area contributed by atoms with Gasteiger partial charge in [-0.3, -0.25) is 4.79 Å². The molecule has 88 valence electrons. The van der Waals surface area contributed by atoms with Gasteiger partial charge in [0.1, 0.15) is 5.69 Å². The predicted molar refractivity (Wildman–Crippen MR) is 68.5 cm³/mol. The molecule has 0 unspecified atom stereocenters. The van der Waals surface area contributed by atoms with E-state index in [1.54, 1.807) is 4.52 Å². The van der Waals surface area contributed by atoms with Gasteiger partial charge in [0.05, 0.1) is 5.56 Å². The molecule has 0 saturated carbocycles. The summed E-state index contributed by atoms with van der Waals surface area (Å²) in [5.41, 5.74) is 3.59. The lowest BCUT2D eigenvalue weighted by atomic mass is 10.1. The molecule has 0 aliphatic carbocycles. The van der Waals surface area contributed by atoms with Crippen molar-refractivity contribution in [2.24, 2.45) is 0 Å². The Morgan fingerprint density at radius 2 is 1.94 bits per heavy atom. The summed E-state index contributed by atoms with van der Waals surface area (Å²) in [4.78, 5) is 15.7. The number of aldehydes is 1. The first-order valence-electron chi connectivity index (χ1n) is 5.66. The molecular weight excluding hydrogens is 226 g/mol. The van der Waals surface area contributed by atoms with Crippen LogP contribution >= 0.6 is 0 Å². The largest absolute Gasteiger partial charge is 0.298 e. The first-order valence-corrected chi connectivity index (χ1v) is 5.66. The van der Waals surface area contributed by atoms with Gasteiger partial charge in [-0.15, -0.1) is 0 Å². The van der Waals surface area contributed by atoms with Crippen LogP contribution in [0.15, 0.2) is 42.6 Å². The van der Waals surface area contributed by atoms with Gasteiger partial charge < -0.3 is 0 Å². The Morgan fingerprint density at radius 3 is 2.67 bits per heavy atom. The molecule has 1 aromatic carbocycles. The van der Waals surface area contributed by atoms with Gasteiger partial charge in [-0.25, -0.2) is 9.50 Å². The predicted octanol–water partition coefficient (Wildman–Crippen LogP) is 2.52. The smallest absolute Gasteiger partial charge is 0.166 e. The Labute approximate surface area is 104 Å². The molecule has 0 amide bonds. The summed E-state index contributed by atoms with van der Waals surface area (Å²) in [5.74, 6) is 0. The lowest BCUT2D eigenvalue weighted by molar-refractivity contribution is 0.112. The number of nitrogens with zero attached hydrogens (tertiary/aromatic N) is 3. The fourth-order valence-electron chi connectivity index (χ4n) is 1.95. The van der Waals surface area contributed by atoms with Crippen LogP contribution in [-0.2, 0) is 0 Å². The third-order valence-corrected chi connectivity index (χ3v) is 2.83. The number of aromatic nitrogens is 3. The normalized spacial score (nSPS) is 10.7. The van der Waals surface area contributed by atoms with Crippen molar-refractivity contribution in [1.82, 2.24) is 14.6 Å². The third kappa shape index (κ3) is 1.59. The number of aryl methyl sites for hydroxylation is 1. The van der Waals surface area contributed by atoms with Crippen molar-refractivity contribution in [2.75, 3.05) is 0 Å². The highest BCUT2D eigenvalue weighted by Crippen LogP contribution is 2.23. The number of carbonyl (C=O) groups is 1. The minimum Gasteiger partial charge on any atom is -0.298 e. The Bertz CT molecular complexity index is 716. The van der Waals surface area contributed by atoms with Gasteiger partial charge in [0.15, 0.2) is 11.9 Å². The van der Waals surface area contributed by atoms with Gasteiger partial charge >= 0.3 is 0 Å². The molecule has 3 rings (SSSR count). The van der Waals surface area contributed by atoms with Crippen molar-refractivity contribution in [3.8, 4) is 11.3 Å². The van der Waals surface area contributed by atoms with Crippen molar-refractivity contribution in [3.05, 3.63) is 53.9 Å². The monoisotopic (exact) mass is 237 g/mol. The molecule has 18 heavy (non-hydrogen) atoms. The van der Waals surface area contributed by atoms with E-state index in [1.165, 1.54) is 0 Å². The van der Waals surface area contributed by atoms with Crippen LogP contribution in [0.5, 0.6) is 0 Å². The highest BCUT2D eigenvalue weighted by Gasteiger charge is 2.14. The second kappa shape index (κ2) is 4.07. The lowest BCUT2D eigenvalue weighted by Gasteiger charge is -1.95. The summed E-state index contributed by atoms with van der Waals surface area (Å²) in [7, 11) is 0. The van der Waals surface area contributed by atoms with Crippen molar-refractivity contribution >= 4 is 11.9 Å². The zero-order chi connectivity index (χ0) is 12.5. The van der Waals surface area contributed by atoms with E-state index in [2.05, 4.69) is 10.1 Å². The molecule has 0 spiro atoms. The van der Waals surface area contributed by atoms with Crippen LogP contribution in [0.3, 0.4) is 0 Å². The number of benzene rings is 1. The van der Waals surface area contributed by atoms with Crippen molar-refractivity contribution < 1.29 is 4.79 Å². The number of carbonyl (C=O) groups excluding carboxylic acids is 1. The maximum Gasteiger partial charge on any atom is 0.166 e. The minimum atomic E-state index is 0.532. The van der Waals surface area contributed by atoms with E-state index in [-0.39, 0.29) is 0 Å². The summed E-state index contributed by atoms with van der Waals surface area (Å²) in [5, 5.41) is 4.42. The Balaban J connectivity index is 2.33. The van der Waals surface area contributed by atoms with Crippen molar-refractivity contribution in [2.45, 2.75) is 6.92 Å². The van der Waals surface area contributed by atoms with E-state index >= 15 is 0 Å². The number of rotatable bonds is 2. The zero-order valence-electron chi connectivity index (χ0n) is 9.87. The summed E-state index contributed by atoms with van der Waals surface area (Å²) < 4.78 is 1.64. The van der Waals surface area contributed by atoms with E-state index in [9.17, 15) is 4.79 Å². The van der Waals surface area contributed by atoms with Gasteiger partial charge in [0.2, 0.25) is 0 Å². The molecule has 3 aromatic rings. The quantitative estimate of drug-likeness (QED) is 0.643. The van der Waals surface area contributed by atoms with E-state index in [1.807, 2.05) is 49.5 Å². The molecule has 0 radical (unpaired) electrons. The minimum absolute atomic E-state index is 0.532. The van der Waals surface area contributed by atoms with Crippen molar-refractivity contribution in [3.63, 3.8) is 0 Å². The van der Waals surface area contributed by atoms with E-state index in [0.717, 1.165) is 17.5 Å². The molecule has 0 N–H and O–H groups in total. The van der Waals surface area contributed by atoms with Crippen LogP contribution in [0.1, 0.15) is 16.1 Å². The Hall–Kier alpha value is -2.49. The molecule has 0 atom stereocenters. The number of hydrogen-bond donors (Lipinski definition) is 0. The molecular formula is C14H11N3O. The maximum atomic E-state index is 11.3. The molecule has 2 aromatic heterocycles. The molecule has 4 nitrogen and oxygen atoms in total. The van der Waals surface area contributed by atoms with E-state index in [4.69, 9.17) is 0 Å². The number of hydrogen-bond acceptors (Lipinski definition) is 3. The van der Waals surface area contributed by atoms with Gasteiger partial charge in [0.25, 0.3) is 0 Å².